The fraction of sp³-hybridized carbons (Fsp3) is 0.200. The van der Waals surface area contributed by atoms with Gasteiger partial charge in [-0.2, -0.15) is 11.3 Å². The molecule has 0 N–H and O–H groups in total. The molecule has 0 bridgehead atoms. The zero-order chi connectivity index (χ0) is 9.97. The number of rotatable bonds is 3. The minimum atomic E-state index is 0.294. The van der Waals surface area contributed by atoms with E-state index in [2.05, 4.69) is 38.8 Å². The van der Waals surface area contributed by atoms with E-state index in [0.29, 0.717) is 4.83 Å². The Morgan fingerprint density at radius 1 is 1.36 bits per heavy atom. The van der Waals surface area contributed by atoms with Gasteiger partial charge in [-0.15, -0.1) is 11.3 Å². The Kier molecular flexibility index (Phi) is 3.26. The number of thiophene rings is 2. The molecule has 1 unspecified atom stereocenters. The SMILES string of the molecule is COc1ccc(C(Br)c2ccsc2)s1. The van der Waals surface area contributed by atoms with Crippen molar-refractivity contribution in [3.63, 3.8) is 0 Å². The van der Waals surface area contributed by atoms with Crippen molar-refractivity contribution in [3.05, 3.63) is 39.4 Å². The van der Waals surface area contributed by atoms with E-state index in [4.69, 9.17) is 4.74 Å². The maximum Gasteiger partial charge on any atom is 0.173 e. The number of ether oxygens (including phenoxy) is 1. The summed E-state index contributed by atoms with van der Waals surface area (Å²) in [5.41, 5.74) is 1.31. The second kappa shape index (κ2) is 4.47. The molecule has 0 radical (unpaired) electrons. The number of alkyl halides is 1. The first-order valence-electron chi connectivity index (χ1n) is 4.11. The van der Waals surface area contributed by atoms with Gasteiger partial charge in [-0.25, -0.2) is 0 Å². The van der Waals surface area contributed by atoms with E-state index in [1.807, 2.05) is 6.07 Å². The van der Waals surface area contributed by atoms with Crippen LogP contribution in [-0.4, -0.2) is 7.11 Å². The van der Waals surface area contributed by atoms with Gasteiger partial charge in [-0.1, -0.05) is 15.9 Å². The summed E-state index contributed by atoms with van der Waals surface area (Å²) in [6, 6.07) is 6.23. The quantitative estimate of drug-likeness (QED) is 0.765. The maximum absolute atomic E-state index is 5.16. The van der Waals surface area contributed by atoms with E-state index < -0.39 is 0 Å². The van der Waals surface area contributed by atoms with Crippen LogP contribution < -0.4 is 4.74 Å². The summed E-state index contributed by atoms with van der Waals surface area (Å²) in [5.74, 6) is 0. The van der Waals surface area contributed by atoms with Crippen LogP contribution in [0.1, 0.15) is 15.3 Å². The van der Waals surface area contributed by atoms with E-state index in [1.54, 1.807) is 29.8 Å². The topological polar surface area (TPSA) is 9.23 Å². The van der Waals surface area contributed by atoms with Crippen LogP contribution in [0.15, 0.2) is 29.0 Å². The second-order valence-electron chi connectivity index (χ2n) is 2.78. The van der Waals surface area contributed by atoms with Gasteiger partial charge >= 0.3 is 0 Å². The largest absolute Gasteiger partial charge is 0.487 e. The fourth-order valence-corrected chi connectivity index (χ4v) is 3.57. The highest BCUT2D eigenvalue weighted by atomic mass is 79.9. The molecule has 0 aromatic carbocycles. The molecular formula is C10H9BrOS2. The summed E-state index contributed by atoms with van der Waals surface area (Å²) in [6.07, 6.45) is 0. The fourth-order valence-electron chi connectivity index (χ4n) is 1.16. The minimum absolute atomic E-state index is 0.294. The molecule has 2 rings (SSSR count). The Labute approximate surface area is 99.5 Å². The number of hydrogen-bond donors (Lipinski definition) is 0. The van der Waals surface area contributed by atoms with Crippen molar-refractivity contribution < 1.29 is 4.74 Å². The van der Waals surface area contributed by atoms with Crippen LogP contribution >= 0.6 is 38.6 Å². The molecule has 2 aromatic rings. The van der Waals surface area contributed by atoms with Gasteiger partial charge in [-0.3, -0.25) is 0 Å². The first-order valence-corrected chi connectivity index (χ1v) is 6.78. The molecule has 0 fully saturated rings. The van der Waals surface area contributed by atoms with E-state index in [-0.39, 0.29) is 0 Å². The molecule has 0 amide bonds. The van der Waals surface area contributed by atoms with Gasteiger partial charge in [0.25, 0.3) is 0 Å². The molecule has 0 aliphatic heterocycles. The molecule has 1 atom stereocenters. The van der Waals surface area contributed by atoms with E-state index in [1.165, 1.54) is 10.4 Å². The van der Waals surface area contributed by atoms with Gasteiger partial charge in [0.2, 0.25) is 0 Å². The Bertz CT molecular complexity index is 394. The van der Waals surface area contributed by atoms with Crippen LogP contribution in [0.3, 0.4) is 0 Å². The lowest BCUT2D eigenvalue weighted by Crippen LogP contribution is -1.84. The van der Waals surface area contributed by atoms with Crippen LogP contribution in [0.25, 0.3) is 0 Å². The molecule has 0 spiro atoms. The van der Waals surface area contributed by atoms with Crippen LogP contribution in [0, 0.1) is 0 Å². The Hall–Kier alpha value is -0.320. The van der Waals surface area contributed by atoms with Crippen molar-refractivity contribution in [1.82, 2.24) is 0 Å². The summed E-state index contributed by atoms with van der Waals surface area (Å²) < 4.78 is 5.16. The van der Waals surface area contributed by atoms with Crippen molar-refractivity contribution in [2.45, 2.75) is 4.83 Å². The predicted octanol–water partition coefficient (Wildman–Crippen LogP) is 4.30. The monoisotopic (exact) mass is 288 g/mol. The van der Waals surface area contributed by atoms with Crippen LogP contribution in [0.4, 0.5) is 0 Å². The molecule has 0 saturated carbocycles. The van der Waals surface area contributed by atoms with Gasteiger partial charge in [0.15, 0.2) is 5.06 Å². The third-order valence-electron chi connectivity index (χ3n) is 1.89. The van der Waals surface area contributed by atoms with E-state index >= 15 is 0 Å². The zero-order valence-corrected chi connectivity index (χ0v) is 10.8. The number of methoxy groups -OCH3 is 1. The lowest BCUT2D eigenvalue weighted by molar-refractivity contribution is 0.427. The van der Waals surface area contributed by atoms with Crippen molar-refractivity contribution in [3.8, 4) is 5.06 Å². The molecule has 14 heavy (non-hydrogen) atoms. The second-order valence-corrected chi connectivity index (χ2v) is 5.55. The highest BCUT2D eigenvalue weighted by molar-refractivity contribution is 9.09. The van der Waals surface area contributed by atoms with Crippen molar-refractivity contribution in [2.75, 3.05) is 7.11 Å². The summed E-state index contributed by atoms with van der Waals surface area (Å²) in [7, 11) is 1.70. The maximum atomic E-state index is 5.16. The predicted molar refractivity (Wildman–Crippen MR) is 66.0 cm³/mol. The Morgan fingerprint density at radius 2 is 2.21 bits per heavy atom. The summed E-state index contributed by atoms with van der Waals surface area (Å²) in [6.45, 7) is 0. The zero-order valence-electron chi connectivity index (χ0n) is 7.57. The molecule has 1 nitrogen and oxygen atoms in total. The number of hydrogen-bond acceptors (Lipinski definition) is 3. The summed E-state index contributed by atoms with van der Waals surface area (Å²) >= 11 is 7.07. The first-order chi connectivity index (χ1) is 6.81. The lowest BCUT2D eigenvalue weighted by Gasteiger charge is -2.03. The Balaban J connectivity index is 2.23. The van der Waals surface area contributed by atoms with Crippen LogP contribution in [0.5, 0.6) is 5.06 Å². The first kappa shape index (κ1) is 10.2. The number of halogens is 1. The van der Waals surface area contributed by atoms with E-state index in [0.717, 1.165) is 5.06 Å². The third-order valence-corrected chi connectivity index (χ3v) is 5.03. The van der Waals surface area contributed by atoms with Crippen molar-refractivity contribution in [1.29, 1.82) is 0 Å². The standard InChI is InChI=1S/C10H9BrOS2/c1-12-9-3-2-8(14-9)10(11)7-4-5-13-6-7/h2-6,10H,1H3. The normalized spacial score (nSPS) is 12.7. The highest BCUT2D eigenvalue weighted by Gasteiger charge is 2.13. The molecule has 74 valence electrons. The summed E-state index contributed by atoms with van der Waals surface area (Å²) in [4.78, 5) is 1.57. The van der Waals surface area contributed by atoms with Crippen LogP contribution in [0.2, 0.25) is 0 Å². The molecule has 2 heterocycles. The molecule has 4 heteroatoms. The highest BCUT2D eigenvalue weighted by Crippen LogP contribution is 2.38. The van der Waals surface area contributed by atoms with Crippen molar-refractivity contribution >= 4 is 38.6 Å². The van der Waals surface area contributed by atoms with Gasteiger partial charge < -0.3 is 4.74 Å². The van der Waals surface area contributed by atoms with Crippen LogP contribution in [-0.2, 0) is 0 Å². The summed E-state index contributed by atoms with van der Waals surface area (Å²) in [5, 5.41) is 5.21. The van der Waals surface area contributed by atoms with Crippen molar-refractivity contribution in [2.24, 2.45) is 0 Å². The smallest absolute Gasteiger partial charge is 0.173 e. The molecule has 0 aliphatic rings. The molecule has 0 aliphatic carbocycles. The molecule has 0 saturated heterocycles. The van der Waals surface area contributed by atoms with Gasteiger partial charge in [0, 0.05) is 4.88 Å². The van der Waals surface area contributed by atoms with Gasteiger partial charge in [0.1, 0.15) is 0 Å². The van der Waals surface area contributed by atoms with E-state index in [9.17, 15) is 0 Å². The average molecular weight is 289 g/mol. The van der Waals surface area contributed by atoms with Gasteiger partial charge in [0.05, 0.1) is 11.9 Å². The third kappa shape index (κ3) is 2.02. The molecular weight excluding hydrogens is 280 g/mol. The van der Waals surface area contributed by atoms with Gasteiger partial charge in [-0.05, 0) is 34.5 Å². The lowest BCUT2D eigenvalue weighted by atomic mass is 10.2. The minimum Gasteiger partial charge on any atom is -0.487 e. The Morgan fingerprint density at radius 3 is 2.79 bits per heavy atom. The average Bonchev–Trinajstić information content (AvgIpc) is 2.88. The molecule has 2 aromatic heterocycles.